The number of carbonyl (C=O) groups is 2. The van der Waals surface area contributed by atoms with Gasteiger partial charge < -0.3 is 10.6 Å². The van der Waals surface area contributed by atoms with Gasteiger partial charge in [0.1, 0.15) is 11.7 Å². The summed E-state index contributed by atoms with van der Waals surface area (Å²) in [6.45, 7) is 5.70. The number of amides is 2. The number of pyridine rings is 1. The fourth-order valence-electron chi connectivity index (χ4n) is 2.69. The van der Waals surface area contributed by atoms with E-state index in [1.54, 1.807) is 18.3 Å². The van der Waals surface area contributed by atoms with E-state index in [2.05, 4.69) is 20.6 Å². The summed E-state index contributed by atoms with van der Waals surface area (Å²) in [6.07, 6.45) is 1.70. The summed E-state index contributed by atoms with van der Waals surface area (Å²) in [5, 5.41) is 7.95. The Hall–Kier alpha value is -3.06. The van der Waals surface area contributed by atoms with Crippen LogP contribution in [0.2, 0.25) is 0 Å². The summed E-state index contributed by atoms with van der Waals surface area (Å²) in [6, 6.07) is 12.2. The topological polar surface area (TPSA) is 84.0 Å². The first-order valence-electron chi connectivity index (χ1n) is 8.99. The molecule has 7 heteroatoms. The quantitative estimate of drug-likeness (QED) is 0.664. The number of hydrogen-bond donors (Lipinski definition) is 2. The first-order chi connectivity index (χ1) is 13.4. The summed E-state index contributed by atoms with van der Waals surface area (Å²) < 4.78 is 0. The lowest BCUT2D eigenvalue weighted by molar-refractivity contribution is -0.118. The largest absolute Gasteiger partial charge is 0.340 e. The van der Waals surface area contributed by atoms with Crippen LogP contribution in [0.25, 0.3) is 11.4 Å². The highest BCUT2D eigenvalue weighted by atomic mass is 32.1. The van der Waals surface area contributed by atoms with Crippen LogP contribution >= 0.6 is 11.3 Å². The number of rotatable bonds is 6. The molecule has 144 valence electrons. The van der Waals surface area contributed by atoms with Gasteiger partial charge in [-0.1, -0.05) is 37.6 Å². The van der Waals surface area contributed by atoms with Crippen LogP contribution in [-0.4, -0.2) is 27.8 Å². The maximum atomic E-state index is 12.8. The zero-order valence-corrected chi connectivity index (χ0v) is 16.8. The lowest BCUT2D eigenvalue weighted by Gasteiger charge is -2.21. The van der Waals surface area contributed by atoms with Gasteiger partial charge in [0, 0.05) is 17.1 Å². The number of carbonyl (C=O) groups excluding carboxylic acids is 2. The summed E-state index contributed by atoms with van der Waals surface area (Å²) in [5.41, 5.74) is 2.96. The number of benzene rings is 1. The average Bonchev–Trinajstić information content (AvgIpc) is 3.14. The Morgan fingerprint density at radius 2 is 1.89 bits per heavy atom. The number of aromatic nitrogens is 2. The fraction of sp³-hybridized carbons (Fsp3) is 0.238. The molecule has 0 aliphatic rings. The lowest BCUT2D eigenvalue weighted by Crippen LogP contribution is -2.47. The Kier molecular flexibility index (Phi) is 6.16. The van der Waals surface area contributed by atoms with E-state index in [0.29, 0.717) is 16.4 Å². The van der Waals surface area contributed by atoms with Gasteiger partial charge in [0.05, 0.1) is 5.69 Å². The van der Waals surface area contributed by atoms with Crippen molar-refractivity contribution in [1.29, 1.82) is 0 Å². The maximum absolute atomic E-state index is 12.8. The van der Waals surface area contributed by atoms with E-state index in [1.807, 2.05) is 56.5 Å². The molecule has 0 aliphatic heterocycles. The number of hydrogen-bond acceptors (Lipinski definition) is 5. The Labute approximate surface area is 168 Å². The molecular weight excluding hydrogens is 372 g/mol. The van der Waals surface area contributed by atoms with Crippen LogP contribution in [-0.2, 0) is 4.79 Å². The second kappa shape index (κ2) is 8.75. The van der Waals surface area contributed by atoms with Gasteiger partial charge in [-0.2, -0.15) is 0 Å². The fourth-order valence-corrected chi connectivity index (χ4v) is 3.40. The molecule has 2 aromatic heterocycles. The first kappa shape index (κ1) is 19.7. The summed E-state index contributed by atoms with van der Waals surface area (Å²) >= 11 is 1.32. The molecule has 2 N–H and O–H groups in total. The van der Waals surface area contributed by atoms with Crippen molar-refractivity contribution in [3.8, 4) is 11.4 Å². The molecule has 3 aromatic rings. The second-order valence-corrected chi connectivity index (χ2v) is 7.66. The predicted molar refractivity (Wildman–Crippen MR) is 111 cm³/mol. The van der Waals surface area contributed by atoms with Crippen LogP contribution < -0.4 is 10.6 Å². The summed E-state index contributed by atoms with van der Waals surface area (Å²) in [5.74, 6) is -0.646. The molecule has 0 bridgehead atoms. The van der Waals surface area contributed by atoms with Gasteiger partial charge in [-0.25, -0.2) is 4.98 Å². The molecule has 2 heterocycles. The predicted octanol–water partition coefficient (Wildman–Crippen LogP) is 3.91. The molecular formula is C21H22N4O2S. The molecule has 2 amide bonds. The van der Waals surface area contributed by atoms with Gasteiger partial charge >= 0.3 is 0 Å². The zero-order chi connectivity index (χ0) is 20.1. The maximum Gasteiger partial charge on any atom is 0.251 e. The molecule has 0 aliphatic carbocycles. The smallest absolute Gasteiger partial charge is 0.251 e. The van der Waals surface area contributed by atoms with Crippen molar-refractivity contribution in [3.05, 3.63) is 65.2 Å². The molecule has 1 aromatic carbocycles. The Balaban J connectivity index is 1.70. The number of anilines is 1. The number of thiazole rings is 1. The van der Waals surface area contributed by atoms with Gasteiger partial charge in [-0.15, -0.1) is 11.3 Å². The highest BCUT2D eigenvalue weighted by molar-refractivity contribution is 7.14. The van der Waals surface area contributed by atoms with Crippen molar-refractivity contribution in [1.82, 2.24) is 15.3 Å². The van der Waals surface area contributed by atoms with Crippen LogP contribution in [0.3, 0.4) is 0 Å². The summed E-state index contributed by atoms with van der Waals surface area (Å²) in [7, 11) is 0. The van der Waals surface area contributed by atoms with Crippen molar-refractivity contribution in [2.45, 2.75) is 26.8 Å². The van der Waals surface area contributed by atoms with E-state index in [-0.39, 0.29) is 17.7 Å². The SMILES string of the molecule is Cc1cccc(C(=O)N[C@H](C(=O)Nc2nc(-c3ccccn3)cs2)C(C)C)c1. The van der Waals surface area contributed by atoms with E-state index >= 15 is 0 Å². The third kappa shape index (κ3) is 4.80. The van der Waals surface area contributed by atoms with Crippen LogP contribution in [0.1, 0.15) is 29.8 Å². The number of aryl methyl sites for hydroxylation is 1. The van der Waals surface area contributed by atoms with Crippen LogP contribution in [0.4, 0.5) is 5.13 Å². The Morgan fingerprint density at radius 3 is 2.57 bits per heavy atom. The highest BCUT2D eigenvalue weighted by Crippen LogP contribution is 2.23. The van der Waals surface area contributed by atoms with Crippen molar-refractivity contribution in [2.75, 3.05) is 5.32 Å². The van der Waals surface area contributed by atoms with E-state index in [1.165, 1.54) is 11.3 Å². The third-order valence-corrected chi connectivity index (χ3v) is 4.94. The zero-order valence-electron chi connectivity index (χ0n) is 16.0. The van der Waals surface area contributed by atoms with Gasteiger partial charge in [0.2, 0.25) is 5.91 Å². The van der Waals surface area contributed by atoms with E-state index in [0.717, 1.165) is 11.3 Å². The van der Waals surface area contributed by atoms with E-state index < -0.39 is 6.04 Å². The van der Waals surface area contributed by atoms with Crippen LogP contribution in [0.5, 0.6) is 0 Å². The molecule has 0 fully saturated rings. The minimum Gasteiger partial charge on any atom is -0.340 e. The second-order valence-electron chi connectivity index (χ2n) is 6.81. The van der Waals surface area contributed by atoms with Gasteiger partial charge in [0.25, 0.3) is 5.91 Å². The Bertz CT molecular complexity index is 969. The van der Waals surface area contributed by atoms with Crippen LogP contribution in [0.15, 0.2) is 54.0 Å². The molecule has 1 atom stereocenters. The van der Waals surface area contributed by atoms with Crippen LogP contribution in [0, 0.1) is 12.8 Å². The first-order valence-corrected chi connectivity index (χ1v) is 9.87. The Morgan fingerprint density at radius 1 is 1.07 bits per heavy atom. The molecule has 6 nitrogen and oxygen atoms in total. The molecule has 28 heavy (non-hydrogen) atoms. The monoisotopic (exact) mass is 394 g/mol. The van der Waals surface area contributed by atoms with Crippen molar-refractivity contribution in [3.63, 3.8) is 0 Å². The molecule has 0 spiro atoms. The molecule has 0 unspecified atom stereocenters. The number of nitrogens with one attached hydrogen (secondary N) is 2. The number of nitrogens with zero attached hydrogens (tertiary/aromatic N) is 2. The minimum atomic E-state index is -0.671. The lowest BCUT2D eigenvalue weighted by atomic mass is 10.0. The molecule has 3 rings (SSSR count). The van der Waals surface area contributed by atoms with Crippen molar-refractivity contribution in [2.24, 2.45) is 5.92 Å². The third-order valence-electron chi connectivity index (χ3n) is 4.18. The standard InChI is InChI=1S/C21H22N4O2S/c1-13(2)18(24-19(26)15-8-6-7-14(3)11-15)20(27)25-21-23-17(12-28-21)16-9-4-5-10-22-16/h4-13,18H,1-3H3,(H,24,26)(H,23,25,27)/t18-/m0/s1. The van der Waals surface area contributed by atoms with Gasteiger partial charge in [0.15, 0.2) is 5.13 Å². The van der Waals surface area contributed by atoms with Gasteiger partial charge in [-0.05, 0) is 37.1 Å². The summed E-state index contributed by atoms with van der Waals surface area (Å²) in [4.78, 5) is 34.0. The molecule has 0 saturated heterocycles. The molecule has 0 saturated carbocycles. The van der Waals surface area contributed by atoms with Gasteiger partial charge in [-0.3, -0.25) is 14.6 Å². The minimum absolute atomic E-state index is 0.0796. The van der Waals surface area contributed by atoms with E-state index in [9.17, 15) is 9.59 Å². The molecule has 0 radical (unpaired) electrons. The average molecular weight is 395 g/mol. The van der Waals surface area contributed by atoms with E-state index in [4.69, 9.17) is 0 Å². The van der Waals surface area contributed by atoms with Crippen molar-refractivity contribution < 1.29 is 9.59 Å². The van der Waals surface area contributed by atoms with Crippen molar-refractivity contribution >= 4 is 28.3 Å². The normalized spacial score (nSPS) is 11.9. The highest BCUT2D eigenvalue weighted by Gasteiger charge is 2.25.